The zero-order valence-electron chi connectivity index (χ0n) is 10.8. The molecule has 1 heterocycles. The van der Waals surface area contributed by atoms with E-state index < -0.39 is 0 Å². The molecule has 0 amide bonds. The number of Topliss-reactive ketones (excluding diaryl/α,β-unsaturated/α-hetero) is 1. The highest BCUT2D eigenvalue weighted by molar-refractivity contribution is 7.09. The minimum absolute atomic E-state index is 0.105. The average Bonchev–Trinajstić information content (AvgIpc) is 2.97. The van der Waals surface area contributed by atoms with E-state index in [9.17, 15) is 9.59 Å². The number of thiophene rings is 1. The smallest absolute Gasteiger partial charge is 0.209 e. The standard InChI is InChI=1S/C16H13NO2S/c18-15-10-14(17-8-7-11-4-3-9-20-11)16(19)13-6-2-1-5-12(13)15/h1-6,9-10,17H,7-8H2. The molecule has 0 bridgehead atoms. The van der Waals surface area contributed by atoms with Crippen molar-refractivity contribution >= 4 is 22.9 Å². The van der Waals surface area contributed by atoms with Crippen LogP contribution in [0, 0.1) is 0 Å². The third-order valence-electron chi connectivity index (χ3n) is 3.22. The van der Waals surface area contributed by atoms with Gasteiger partial charge in [0.1, 0.15) is 0 Å². The summed E-state index contributed by atoms with van der Waals surface area (Å²) in [6, 6.07) is 11.0. The molecule has 20 heavy (non-hydrogen) atoms. The van der Waals surface area contributed by atoms with E-state index in [1.165, 1.54) is 11.0 Å². The number of hydrogen-bond acceptors (Lipinski definition) is 4. The molecule has 0 atom stereocenters. The molecule has 0 saturated heterocycles. The van der Waals surface area contributed by atoms with Crippen LogP contribution >= 0.6 is 11.3 Å². The van der Waals surface area contributed by atoms with Crippen LogP contribution in [0.1, 0.15) is 25.6 Å². The molecule has 0 aliphatic heterocycles. The van der Waals surface area contributed by atoms with Gasteiger partial charge in [0.15, 0.2) is 5.78 Å². The molecular formula is C16H13NO2S. The van der Waals surface area contributed by atoms with Crippen LogP contribution in [-0.4, -0.2) is 18.1 Å². The minimum atomic E-state index is -0.112. The highest BCUT2D eigenvalue weighted by Crippen LogP contribution is 2.19. The van der Waals surface area contributed by atoms with Gasteiger partial charge < -0.3 is 5.32 Å². The lowest BCUT2D eigenvalue weighted by molar-refractivity contribution is 0.0978. The van der Waals surface area contributed by atoms with Gasteiger partial charge in [-0.25, -0.2) is 0 Å². The zero-order chi connectivity index (χ0) is 13.9. The summed E-state index contributed by atoms with van der Waals surface area (Å²) < 4.78 is 0. The Hall–Kier alpha value is -2.20. The molecule has 0 saturated carbocycles. The summed E-state index contributed by atoms with van der Waals surface area (Å²) in [5, 5.41) is 5.11. The molecule has 3 nitrogen and oxygen atoms in total. The maximum Gasteiger partial charge on any atom is 0.209 e. The van der Waals surface area contributed by atoms with Crippen molar-refractivity contribution in [2.75, 3.05) is 6.54 Å². The number of allylic oxidation sites excluding steroid dienone is 2. The van der Waals surface area contributed by atoms with Gasteiger partial charge in [-0.2, -0.15) is 0 Å². The molecule has 0 spiro atoms. The van der Waals surface area contributed by atoms with E-state index in [0.29, 0.717) is 23.4 Å². The highest BCUT2D eigenvalue weighted by Gasteiger charge is 2.24. The molecule has 0 radical (unpaired) electrons. The van der Waals surface area contributed by atoms with Crippen LogP contribution in [-0.2, 0) is 6.42 Å². The van der Waals surface area contributed by atoms with Crippen LogP contribution in [0.5, 0.6) is 0 Å². The molecule has 1 aliphatic rings. The van der Waals surface area contributed by atoms with Crippen molar-refractivity contribution in [1.82, 2.24) is 5.32 Å². The number of benzene rings is 1. The van der Waals surface area contributed by atoms with Crippen LogP contribution in [0.2, 0.25) is 0 Å². The maximum atomic E-state index is 12.3. The van der Waals surface area contributed by atoms with Gasteiger partial charge in [-0.05, 0) is 17.9 Å². The normalized spacial score (nSPS) is 13.9. The quantitative estimate of drug-likeness (QED) is 0.938. The van der Waals surface area contributed by atoms with Crippen molar-refractivity contribution in [3.05, 3.63) is 69.6 Å². The molecule has 0 fully saturated rings. The molecule has 2 aromatic rings. The molecule has 100 valence electrons. The first kappa shape index (κ1) is 12.8. The lowest BCUT2D eigenvalue weighted by atomic mass is 9.93. The third kappa shape index (κ3) is 2.42. The molecule has 1 aromatic carbocycles. The van der Waals surface area contributed by atoms with Crippen LogP contribution in [0.25, 0.3) is 0 Å². The van der Waals surface area contributed by atoms with E-state index in [-0.39, 0.29) is 11.6 Å². The predicted octanol–water partition coefficient (Wildman–Crippen LogP) is 2.84. The minimum Gasteiger partial charge on any atom is -0.381 e. The van der Waals surface area contributed by atoms with Gasteiger partial charge in [0, 0.05) is 28.6 Å². The summed E-state index contributed by atoms with van der Waals surface area (Å²) in [7, 11) is 0. The number of fused-ring (bicyclic) bond motifs is 1. The number of nitrogens with one attached hydrogen (secondary N) is 1. The second kappa shape index (κ2) is 5.43. The summed E-state index contributed by atoms with van der Waals surface area (Å²) in [6.45, 7) is 0.646. The van der Waals surface area contributed by atoms with Gasteiger partial charge >= 0.3 is 0 Å². The summed E-state index contributed by atoms with van der Waals surface area (Å²) in [6.07, 6.45) is 2.25. The third-order valence-corrected chi connectivity index (χ3v) is 4.16. The van der Waals surface area contributed by atoms with Crippen LogP contribution in [0.4, 0.5) is 0 Å². The van der Waals surface area contributed by atoms with Crippen LogP contribution in [0.15, 0.2) is 53.6 Å². The van der Waals surface area contributed by atoms with E-state index in [0.717, 1.165) is 6.42 Å². The van der Waals surface area contributed by atoms with Crippen molar-refractivity contribution in [1.29, 1.82) is 0 Å². The van der Waals surface area contributed by atoms with E-state index in [4.69, 9.17) is 0 Å². The summed E-state index contributed by atoms with van der Waals surface area (Å²) >= 11 is 1.69. The lowest BCUT2D eigenvalue weighted by Gasteiger charge is -2.16. The summed E-state index contributed by atoms with van der Waals surface area (Å²) in [5.41, 5.74) is 1.37. The fourth-order valence-corrected chi connectivity index (χ4v) is 2.93. The molecule has 3 rings (SSSR count). The second-order valence-corrected chi connectivity index (χ2v) is 5.59. The maximum absolute atomic E-state index is 12.3. The Bertz CT molecular complexity index is 686. The van der Waals surface area contributed by atoms with Gasteiger partial charge in [0.25, 0.3) is 0 Å². The van der Waals surface area contributed by atoms with Gasteiger partial charge in [-0.3, -0.25) is 9.59 Å². The number of rotatable bonds is 4. The summed E-state index contributed by atoms with van der Waals surface area (Å²) in [5.74, 6) is -0.217. The van der Waals surface area contributed by atoms with Crippen molar-refractivity contribution < 1.29 is 9.59 Å². The molecule has 1 aliphatic carbocycles. The fraction of sp³-hybridized carbons (Fsp3) is 0.125. The Labute approximate surface area is 120 Å². The summed E-state index contributed by atoms with van der Waals surface area (Å²) in [4.78, 5) is 25.5. The van der Waals surface area contributed by atoms with Crippen LogP contribution in [0.3, 0.4) is 0 Å². The highest BCUT2D eigenvalue weighted by atomic mass is 32.1. The molecule has 4 heteroatoms. The lowest BCUT2D eigenvalue weighted by Crippen LogP contribution is -2.28. The Balaban J connectivity index is 1.72. The number of hydrogen-bond donors (Lipinski definition) is 1. The monoisotopic (exact) mass is 283 g/mol. The SMILES string of the molecule is O=C1C=C(NCCc2cccs2)C(=O)c2ccccc21. The van der Waals surface area contributed by atoms with Crippen molar-refractivity contribution in [2.24, 2.45) is 0 Å². The number of carbonyl (C=O) groups is 2. The van der Waals surface area contributed by atoms with E-state index in [1.807, 2.05) is 11.4 Å². The van der Waals surface area contributed by atoms with E-state index in [2.05, 4.69) is 11.4 Å². The largest absolute Gasteiger partial charge is 0.381 e. The second-order valence-electron chi connectivity index (χ2n) is 4.55. The molecule has 1 N–H and O–H groups in total. The Morgan fingerprint density at radius 2 is 1.80 bits per heavy atom. The van der Waals surface area contributed by atoms with Gasteiger partial charge in [-0.15, -0.1) is 11.3 Å². The number of ketones is 2. The zero-order valence-corrected chi connectivity index (χ0v) is 11.6. The van der Waals surface area contributed by atoms with Crippen molar-refractivity contribution in [3.8, 4) is 0 Å². The average molecular weight is 283 g/mol. The van der Waals surface area contributed by atoms with Gasteiger partial charge in [0.2, 0.25) is 5.78 Å². The first-order valence-electron chi connectivity index (χ1n) is 6.42. The van der Waals surface area contributed by atoms with Crippen molar-refractivity contribution in [2.45, 2.75) is 6.42 Å². The fourth-order valence-electron chi connectivity index (χ4n) is 2.22. The van der Waals surface area contributed by atoms with E-state index >= 15 is 0 Å². The van der Waals surface area contributed by atoms with Gasteiger partial charge in [-0.1, -0.05) is 30.3 Å². The molecular weight excluding hydrogens is 270 g/mol. The molecule has 0 unspecified atom stereocenters. The number of carbonyl (C=O) groups excluding carboxylic acids is 2. The molecule has 1 aromatic heterocycles. The van der Waals surface area contributed by atoms with E-state index in [1.54, 1.807) is 35.6 Å². The van der Waals surface area contributed by atoms with Crippen molar-refractivity contribution in [3.63, 3.8) is 0 Å². The Kier molecular flexibility index (Phi) is 3.48. The predicted molar refractivity (Wildman–Crippen MR) is 79.2 cm³/mol. The Morgan fingerprint density at radius 3 is 2.55 bits per heavy atom. The first-order chi connectivity index (χ1) is 9.75. The Morgan fingerprint density at radius 1 is 1.00 bits per heavy atom. The topological polar surface area (TPSA) is 46.2 Å². The first-order valence-corrected chi connectivity index (χ1v) is 7.29. The van der Waals surface area contributed by atoms with Gasteiger partial charge in [0.05, 0.1) is 5.70 Å². The van der Waals surface area contributed by atoms with Crippen LogP contribution < -0.4 is 5.32 Å².